The predicted molar refractivity (Wildman–Crippen MR) is 112 cm³/mol. The van der Waals surface area contributed by atoms with Crippen LogP contribution in [0.1, 0.15) is 46.5 Å². The van der Waals surface area contributed by atoms with Gasteiger partial charge < -0.3 is 27.0 Å². The summed E-state index contributed by atoms with van der Waals surface area (Å²) in [4.78, 5) is 34.0. The number of aromatic nitrogens is 2. The maximum absolute atomic E-state index is 12.0. The molecule has 9 heteroatoms. The summed E-state index contributed by atoms with van der Waals surface area (Å²) in [6.45, 7) is 0. The molecule has 0 radical (unpaired) electrons. The molecule has 2 atom stereocenters. The van der Waals surface area contributed by atoms with E-state index in [9.17, 15) is 9.59 Å². The van der Waals surface area contributed by atoms with E-state index < -0.39 is 5.91 Å². The van der Waals surface area contributed by atoms with Gasteiger partial charge in [0.1, 0.15) is 5.82 Å². The quantitative estimate of drug-likeness (QED) is 0.582. The van der Waals surface area contributed by atoms with Crippen molar-refractivity contribution >= 4 is 29.1 Å². The molecule has 1 aliphatic rings. The highest BCUT2D eigenvalue weighted by Gasteiger charge is 2.23. The smallest absolute Gasteiger partial charge is 0.271 e. The van der Waals surface area contributed by atoms with E-state index in [-0.39, 0.29) is 29.5 Å². The van der Waals surface area contributed by atoms with Gasteiger partial charge in [-0.25, -0.2) is 9.97 Å². The Morgan fingerprint density at radius 1 is 1.14 bits per heavy atom. The van der Waals surface area contributed by atoms with Gasteiger partial charge in [0.2, 0.25) is 0 Å². The fourth-order valence-corrected chi connectivity index (χ4v) is 3.35. The molecule has 3 rings (SSSR count). The number of nitrogens with zero attached hydrogens (tertiary/aromatic N) is 3. The lowest BCUT2D eigenvalue weighted by atomic mass is 9.91. The summed E-state index contributed by atoms with van der Waals surface area (Å²) >= 11 is 0. The molecular weight excluding hydrogens is 370 g/mol. The van der Waals surface area contributed by atoms with E-state index >= 15 is 0 Å². The largest absolute Gasteiger partial charge is 0.364 e. The Morgan fingerprint density at radius 3 is 2.45 bits per heavy atom. The minimum atomic E-state index is -0.680. The van der Waals surface area contributed by atoms with Crippen LogP contribution in [0.2, 0.25) is 0 Å². The molecule has 2 aromatic rings. The normalized spacial score (nSPS) is 18.7. The van der Waals surface area contributed by atoms with Gasteiger partial charge in [0.05, 0.1) is 6.20 Å². The number of hydrogen-bond donors (Lipinski definition) is 4. The van der Waals surface area contributed by atoms with Crippen molar-refractivity contribution in [3.63, 3.8) is 0 Å². The lowest BCUT2D eigenvalue weighted by Crippen LogP contribution is -2.42. The third kappa shape index (κ3) is 5.00. The summed E-state index contributed by atoms with van der Waals surface area (Å²) < 4.78 is 0. The topological polar surface area (TPSA) is 139 Å². The number of carbonyl (C=O) groups excluding carboxylic acids is 2. The summed E-state index contributed by atoms with van der Waals surface area (Å²) in [5, 5.41) is 6.39. The van der Waals surface area contributed by atoms with E-state index in [0.717, 1.165) is 25.7 Å². The molecule has 0 bridgehead atoms. The molecule has 154 valence electrons. The van der Waals surface area contributed by atoms with Crippen LogP contribution in [0.5, 0.6) is 0 Å². The van der Waals surface area contributed by atoms with Crippen LogP contribution in [0.3, 0.4) is 0 Å². The first kappa shape index (κ1) is 20.5. The highest BCUT2D eigenvalue weighted by atomic mass is 16.2. The first-order valence-electron chi connectivity index (χ1n) is 9.63. The second-order valence-electron chi connectivity index (χ2n) is 7.42. The monoisotopic (exact) mass is 397 g/mol. The molecule has 0 unspecified atom stereocenters. The van der Waals surface area contributed by atoms with E-state index in [4.69, 9.17) is 11.5 Å². The average molecular weight is 397 g/mol. The number of nitrogens with one attached hydrogen (secondary N) is 2. The zero-order chi connectivity index (χ0) is 21.0. The maximum Gasteiger partial charge on any atom is 0.271 e. The second-order valence-corrected chi connectivity index (χ2v) is 7.42. The molecule has 0 spiro atoms. The molecule has 6 N–H and O–H groups in total. The number of primary amides is 1. The van der Waals surface area contributed by atoms with Crippen LogP contribution in [-0.4, -0.2) is 52.9 Å². The van der Waals surface area contributed by atoms with Crippen LogP contribution in [0, 0.1) is 0 Å². The molecular formula is C20H27N7O2. The van der Waals surface area contributed by atoms with Crippen molar-refractivity contribution in [3.05, 3.63) is 41.7 Å². The van der Waals surface area contributed by atoms with E-state index in [1.807, 2.05) is 0 Å². The number of anilines is 3. The highest BCUT2D eigenvalue weighted by Crippen LogP contribution is 2.23. The number of hydrogen-bond acceptors (Lipinski definition) is 7. The third-order valence-corrected chi connectivity index (χ3v) is 4.96. The Bertz CT molecular complexity index is 883. The molecule has 1 saturated carbocycles. The molecule has 0 saturated heterocycles. The molecule has 1 aliphatic carbocycles. The molecule has 1 aromatic carbocycles. The maximum atomic E-state index is 12.0. The Labute approximate surface area is 169 Å². The van der Waals surface area contributed by atoms with Crippen molar-refractivity contribution in [1.82, 2.24) is 14.9 Å². The summed E-state index contributed by atoms with van der Waals surface area (Å²) in [6, 6.07) is 7.04. The highest BCUT2D eigenvalue weighted by molar-refractivity contribution is 5.97. The lowest BCUT2D eigenvalue weighted by molar-refractivity contribution is 0.0827. The van der Waals surface area contributed by atoms with Gasteiger partial charge in [-0.1, -0.05) is 12.8 Å². The minimum Gasteiger partial charge on any atom is -0.364 e. The zero-order valence-corrected chi connectivity index (χ0v) is 16.7. The van der Waals surface area contributed by atoms with Crippen LogP contribution in [-0.2, 0) is 0 Å². The first-order valence-corrected chi connectivity index (χ1v) is 9.63. The van der Waals surface area contributed by atoms with Gasteiger partial charge in [-0.15, -0.1) is 0 Å². The zero-order valence-electron chi connectivity index (χ0n) is 16.7. The van der Waals surface area contributed by atoms with Crippen molar-refractivity contribution < 1.29 is 9.59 Å². The van der Waals surface area contributed by atoms with Gasteiger partial charge >= 0.3 is 0 Å². The van der Waals surface area contributed by atoms with E-state index in [1.165, 1.54) is 11.1 Å². The van der Waals surface area contributed by atoms with Gasteiger partial charge in [-0.3, -0.25) is 9.59 Å². The van der Waals surface area contributed by atoms with Crippen molar-refractivity contribution in [2.75, 3.05) is 24.7 Å². The van der Waals surface area contributed by atoms with Crippen molar-refractivity contribution in [1.29, 1.82) is 0 Å². The lowest BCUT2D eigenvalue weighted by Gasteiger charge is -2.29. The summed E-state index contributed by atoms with van der Waals surface area (Å²) in [6.07, 6.45) is 5.66. The van der Waals surface area contributed by atoms with Crippen LogP contribution in [0.25, 0.3) is 0 Å². The Balaban J connectivity index is 1.81. The molecule has 1 fully saturated rings. The molecule has 0 aliphatic heterocycles. The molecule has 9 nitrogen and oxygen atoms in total. The van der Waals surface area contributed by atoms with Gasteiger partial charge in [-0.05, 0) is 37.1 Å². The SMILES string of the molecule is CN(C)C(=O)c1ccc(Nc2nc(N[C@@H]3CCCC[C@@H]3N)cnc2C(N)=O)cc1. The predicted octanol–water partition coefficient (Wildman–Crippen LogP) is 1.70. The fraction of sp³-hybridized carbons (Fsp3) is 0.400. The standard InChI is InChI=1S/C20H27N7O2/c1-27(2)20(29)12-7-9-13(10-8-12)24-19-17(18(22)28)23-11-16(26-19)25-15-6-4-3-5-14(15)21/h7-11,14-15H,3-6,21H2,1-2H3,(H2,22,28)(H2,24,25,26)/t14-,15+/m0/s1. The van der Waals surface area contributed by atoms with Gasteiger partial charge in [0, 0.05) is 37.4 Å². The average Bonchev–Trinajstić information content (AvgIpc) is 2.69. The number of amides is 2. The van der Waals surface area contributed by atoms with Crippen LogP contribution in [0.15, 0.2) is 30.5 Å². The number of nitrogens with two attached hydrogens (primary N) is 2. The van der Waals surface area contributed by atoms with Crippen molar-refractivity contribution in [2.24, 2.45) is 11.5 Å². The fourth-order valence-electron chi connectivity index (χ4n) is 3.35. The third-order valence-electron chi connectivity index (χ3n) is 4.96. The van der Waals surface area contributed by atoms with Gasteiger partial charge in [0.15, 0.2) is 11.5 Å². The van der Waals surface area contributed by atoms with Gasteiger partial charge in [0.25, 0.3) is 11.8 Å². The molecule has 2 amide bonds. The van der Waals surface area contributed by atoms with E-state index in [2.05, 4.69) is 20.6 Å². The molecule has 29 heavy (non-hydrogen) atoms. The number of rotatable bonds is 6. The van der Waals surface area contributed by atoms with E-state index in [1.54, 1.807) is 38.4 Å². The Hall–Kier alpha value is -3.20. The van der Waals surface area contributed by atoms with Crippen molar-refractivity contribution in [2.45, 2.75) is 37.8 Å². The second kappa shape index (κ2) is 8.87. The van der Waals surface area contributed by atoms with Crippen molar-refractivity contribution in [3.8, 4) is 0 Å². The summed E-state index contributed by atoms with van der Waals surface area (Å²) in [5.41, 5.74) is 12.9. The summed E-state index contributed by atoms with van der Waals surface area (Å²) in [7, 11) is 3.39. The molecule has 1 heterocycles. The van der Waals surface area contributed by atoms with Crippen LogP contribution < -0.4 is 22.1 Å². The Morgan fingerprint density at radius 2 is 1.83 bits per heavy atom. The van der Waals surface area contributed by atoms with Crippen LogP contribution >= 0.6 is 0 Å². The molecule has 1 aromatic heterocycles. The van der Waals surface area contributed by atoms with Gasteiger partial charge in [-0.2, -0.15) is 0 Å². The number of benzene rings is 1. The van der Waals surface area contributed by atoms with Crippen LogP contribution in [0.4, 0.5) is 17.3 Å². The summed E-state index contributed by atoms with van der Waals surface area (Å²) in [5.74, 6) is 0.00216. The van der Waals surface area contributed by atoms with E-state index in [0.29, 0.717) is 17.1 Å². The Kier molecular flexibility index (Phi) is 6.28. The number of carbonyl (C=O) groups is 2. The first-order chi connectivity index (χ1) is 13.8. The minimum absolute atomic E-state index is 0.0388.